The van der Waals surface area contributed by atoms with E-state index in [4.69, 9.17) is 9.47 Å². The molecule has 544 valence electrons. The monoisotopic (exact) mass is 1310 g/mol. The molecule has 0 rings (SSSR count). The van der Waals surface area contributed by atoms with Gasteiger partial charge in [0, 0.05) is 12.8 Å². The van der Waals surface area contributed by atoms with Gasteiger partial charge >= 0.3 is 11.9 Å². The third-order valence-electron chi connectivity index (χ3n) is 18.6. The van der Waals surface area contributed by atoms with Crippen molar-refractivity contribution in [1.29, 1.82) is 0 Å². The molecule has 0 aliphatic carbocycles. The van der Waals surface area contributed by atoms with Crippen molar-refractivity contribution < 1.29 is 24.2 Å². The minimum atomic E-state index is -0.774. The predicted octanol–water partition coefficient (Wildman–Crippen LogP) is 29.4. The van der Waals surface area contributed by atoms with Crippen molar-refractivity contribution in [1.82, 2.24) is 0 Å². The first kappa shape index (κ1) is 90.6. The van der Waals surface area contributed by atoms with Crippen molar-refractivity contribution in [2.24, 2.45) is 0 Å². The number of hydrogen-bond donors (Lipinski definition) is 1. The minimum Gasteiger partial charge on any atom is -0.462 e. The van der Waals surface area contributed by atoms with E-state index in [1.807, 2.05) is 0 Å². The van der Waals surface area contributed by atoms with E-state index in [9.17, 15) is 14.7 Å². The molecule has 0 fully saturated rings. The van der Waals surface area contributed by atoms with Crippen molar-refractivity contribution in [3.8, 4) is 0 Å². The summed E-state index contributed by atoms with van der Waals surface area (Å²) in [5, 5.41) is 9.74. The first-order valence-electron chi connectivity index (χ1n) is 41.4. The molecular formula is C89H158O5. The lowest BCUT2D eigenvalue weighted by Gasteiger charge is -2.15. The molecule has 94 heavy (non-hydrogen) atoms. The maximum absolute atomic E-state index is 12.4. The fraction of sp³-hybridized carbons (Fsp3) is 0.775. The van der Waals surface area contributed by atoms with Crippen molar-refractivity contribution in [2.45, 2.75) is 431 Å². The topological polar surface area (TPSA) is 72.8 Å². The molecule has 5 heteroatoms. The molecule has 0 saturated heterocycles. The molecule has 5 nitrogen and oxygen atoms in total. The molecule has 0 aromatic heterocycles. The van der Waals surface area contributed by atoms with Crippen LogP contribution in [0.15, 0.2) is 109 Å². The van der Waals surface area contributed by atoms with E-state index in [0.29, 0.717) is 12.8 Å². The second kappa shape index (κ2) is 83.8. The van der Waals surface area contributed by atoms with Crippen LogP contribution in [0.3, 0.4) is 0 Å². The van der Waals surface area contributed by atoms with E-state index in [0.717, 1.165) is 96.3 Å². The zero-order valence-electron chi connectivity index (χ0n) is 62.7. The Hall–Kier alpha value is -3.44. The Balaban J connectivity index is 3.38. The molecule has 0 heterocycles. The van der Waals surface area contributed by atoms with Crippen molar-refractivity contribution in [2.75, 3.05) is 13.2 Å². The van der Waals surface area contributed by atoms with Crippen molar-refractivity contribution in [3.63, 3.8) is 0 Å². The molecular weight excluding hydrogens is 1150 g/mol. The summed E-state index contributed by atoms with van der Waals surface area (Å²) in [6.07, 6.45) is 122. The van der Waals surface area contributed by atoms with Gasteiger partial charge < -0.3 is 14.6 Å². The third-order valence-corrected chi connectivity index (χ3v) is 18.6. The molecule has 0 radical (unpaired) electrons. The molecule has 0 bridgehead atoms. The van der Waals surface area contributed by atoms with Crippen molar-refractivity contribution >= 4 is 11.9 Å². The number of aliphatic hydroxyl groups is 1. The first-order valence-corrected chi connectivity index (χ1v) is 41.4. The van der Waals surface area contributed by atoms with Gasteiger partial charge in [-0.1, -0.05) is 425 Å². The zero-order valence-corrected chi connectivity index (χ0v) is 62.7. The molecule has 0 aromatic carbocycles. The number of unbranched alkanes of at least 4 members (excludes halogenated alkanes) is 51. The SMILES string of the molecule is CC/C=C\C/C=C\C/C=C\C/C=C\C/C=C\CCCCCCCCCCCCCCCCCCCCCCCCCCCC(=O)OC(CO)COC(=O)CCCCCCCCCCCCCCCCCCCCCCCCCCCC/C=C\C/C=C\C/C=C\C/C=C\CC. The van der Waals surface area contributed by atoms with Gasteiger partial charge in [-0.3, -0.25) is 9.59 Å². The molecule has 0 aliphatic heterocycles. The van der Waals surface area contributed by atoms with Crippen LogP contribution in [-0.4, -0.2) is 36.4 Å². The fourth-order valence-corrected chi connectivity index (χ4v) is 12.5. The second-order valence-electron chi connectivity index (χ2n) is 27.8. The summed E-state index contributed by atoms with van der Waals surface area (Å²) >= 11 is 0. The van der Waals surface area contributed by atoms with Gasteiger partial charge in [0.2, 0.25) is 0 Å². The lowest BCUT2D eigenvalue weighted by molar-refractivity contribution is -0.161. The summed E-state index contributed by atoms with van der Waals surface area (Å²) in [4.78, 5) is 24.7. The van der Waals surface area contributed by atoms with Crippen LogP contribution in [-0.2, 0) is 19.1 Å². The van der Waals surface area contributed by atoms with E-state index in [1.54, 1.807) is 0 Å². The van der Waals surface area contributed by atoms with E-state index in [2.05, 4.69) is 123 Å². The average Bonchev–Trinajstić information content (AvgIpc) is 3.77. The predicted molar refractivity (Wildman–Crippen MR) is 417 cm³/mol. The molecule has 0 aromatic rings. The number of carbonyl (C=O) groups is 2. The van der Waals surface area contributed by atoms with Crippen LogP contribution in [0, 0.1) is 0 Å². The summed E-state index contributed by atoms with van der Waals surface area (Å²) in [6, 6.07) is 0. The highest BCUT2D eigenvalue weighted by Crippen LogP contribution is 2.20. The number of carbonyl (C=O) groups excluding carboxylic acids is 2. The zero-order chi connectivity index (χ0) is 67.5. The molecule has 0 amide bonds. The van der Waals surface area contributed by atoms with Gasteiger partial charge in [0.1, 0.15) is 6.61 Å². The number of esters is 2. The highest BCUT2D eigenvalue weighted by atomic mass is 16.6. The number of ether oxygens (including phenoxy) is 2. The Bertz CT molecular complexity index is 1780. The fourth-order valence-electron chi connectivity index (χ4n) is 12.5. The van der Waals surface area contributed by atoms with Crippen LogP contribution in [0.1, 0.15) is 425 Å². The van der Waals surface area contributed by atoms with Crippen LogP contribution in [0.25, 0.3) is 0 Å². The second-order valence-corrected chi connectivity index (χ2v) is 27.8. The van der Waals surface area contributed by atoms with E-state index < -0.39 is 6.10 Å². The van der Waals surface area contributed by atoms with E-state index in [-0.39, 0.29) is 25.2 Å². The normalized spacial score (nSPS) is 12.8. The maximum Gasteiger partial charge on any atom is 0.306 e. The largest absolute Gasteiger partial charge is 0.462 e. The number of hydrogen-bond acceptors (Lipinski definition) is 5. The summed E-state index contributed by atoms with van der Waals surface area (Å²) in [5.74, 6) is -0.567. The van der Waals surface area contributed by atoms with Gasteiger partial charge in [-0.25, -0.2) is 0 Å². The first-order chi connectivity index (χ1) is 46.6. The van der Waals surface area contributed by atoms with Crippen molar-refractivity contribution in [3.05, 3.63) is 109 Å². The minimum absolute atomic E-state index is 0.0615. The number of allylic oxidation sites excluding steroid dienone is 18. The molecule has 0 saturated carbocycles. The van der Waals surface area contributed by atoms with Gasteiger partial charge in [-0.15, -0.1) is 0 Å². The van der Waals surface area contributed by atoms with Gasteiger partial charge in [-0.2, -0.15) is 0 Å². The van der Waals surface area contributed by atoms with Crippen LogP contribution < -0.4 is 0 Å². The Morgan fingerprint density at radius 1 is 0.245 bits per heavy atom. The molecule has 1 atom stereocenters. The highest BCUT2D eigenvalue weighted by molar-refractivity contribution is 5.70. The quantitative estimate of drug-likeness (QED) is 0.0373. The van der Waals surface area contributed by atoms with Gasteiger partial charge in [-0.05, 0) is 96.3 Å². The smallest absolute Gasteiger partial charge is 0.306 e. The van der Waals surface area contributed by atoms with Crippen LogP contribution in [0.5, 0.6) is 0 Å². The lowest BCUT2D eigenvalue weighted by atomic mass is 10.0. The lowest BCUT2D eigenvalue weighted by Crippen LogP contribution is -2.28. The van der Waals surface area contributed by atoms with Crippen LogP contribution in [0.4, 0.5) is 0 Å². The Morgan fingerprint density at radius 2 is 0.426 bits per heavy atom. The summed E-state index contributed by atoms with van der Waals surface area (Å²) in [5.41, 5.74) is 0. The molecule has 0 spiro atoms. The maximum atomic E-state index is 12.4. The van der Waals surface area contributed by atoms with Gasteiger partial charge in [0.25, 0.3) is 0 Å². The van der Waals surface area contributed by atoms with E-state index in [1.165, 1.54) is 302 Å². The third kappa shape index (κ3) is 81.0. The van der Waals surface area contributed by atoms with Gasteiger partial charge in [0.15, 0.2) is 6.10 Å². The summed E-state index contributed by atoms with van der Waals surface area (Å²) < 4.78 is 10.8. The van der Waals surface area contributed by atoms with Crippen LogP contribution in [0.2, 0.25) is 0 Å². The van der Waals surface area contributed by atoms with E-state index >= 15 is 0 Å². The van der Waals surface area contributed by atoms with Crippen LogP contribution >= 0.6 is 0 Å². The molecule has 1 unspecified atom stereocenters. The standard InChI is InChI=1S/C89H158O5/c1-3-5-7-9-11-13-15-17-19-21-23-25-27-29-31-33-35-37-39-41-43-44-46-48-50-52-54-56-58-60-62-64-66-68-70-72-74-76-78-80-82-84-89(92)94-87(85-90)86-93-88(91)83-81-79-77-75-73-71-69-67-65-63-61-59-57-55-53-51-49-47-45-42-40-38-36-34-32-30-28-26-24-22-20-18-16-14-12-10-8-6-4-2/h5-8,11-14,17-20,23-26,29,31,87,90H,3-4,9-10,15-16,21-22,27-28,30,32-86H2,1-2H3/b7-5-,8-6-,13-11-,14-12-,19-17-,20-18-,25-23-,26-24-,31-29-. The summed E-state index contributed by atoms with van der Waals surface area (Å²) in [7, 11) is 0. The van der Waals surface area contributed by atoms with Gasteiger partial charge in [0.05, 0.1) is 6.61 Å². The highest BCUT2D eigenvalue weighted by Gasteiger charge is 2.16. The summed E-state index contributed by atoms with van der Waals surface area (Å²) in [6.45, 7) is 3.97. The Kier molecular flexibility index (Phi) is 80.7. The Labute approximate surface area is 586 Å². The average molecular weight is 1310 g/mol. The molecule has 0 aliphatic rings. The Morgan fingerprint density at radius 3 is 0.638 bits per heavy atom. The molecule has 1 N–H and O–H groups in total. The number of rotatable bonds is 77. The number of aliphatic hydroxyl groups excluding tert-OH is 1.